The second-order valence-electron chi connectivity index (χ2n) is 3.72. The highest BCUT2D eigenvalue weighted by Crippen LogP contribution is 2.19. The highest BCUT2D eigenvalue weighted by atomic mass is 79.9. The molecule has 0 saturated heterocycles. The van der Waals surface area contributed by atoms with Gasteiger partial charge in [-0.05, 0) is 18.6 Å². The number of carboxylic acid groups (broad SMARTS) is 1. The Kier molecular flexibility index (Phi) is 3.72. The molecule has 0 spiro atoms. The SMILES string of the molecule is CCc1nc(-c2ccc(Br)cc2)ncc1C(=O)O. The van der Waals surface area contributed by atoms with Crippen molar-refractivity contribution in [3.63, 3.8) is 0 Å². The average Bonchev–Trinajstić information content (AvgIpc) is 2.38. The van der Waals surface area contributed by atoms with Crippen LogP contribution in [0.15, 0.2) is 34.9 Å². The normalized spacial score (nSPS) is 10.3. The van der Waals surface area contributed by atoms with Crippen molar-refractivity contribution < 1.29 is 9.90 Å². The summed E-state index contributed by atoms with van der Waals surface area (Å²) in [7, 11) is 0. The van der Waals surface area contributed by atoms with Crippen LogP contribution in [0.1, 0.15) is 23.0 Å². The van der Waals surface area contributed by atoms with Crippen LogP contribution in [0.25, 0.3) is 11.4 Å². The molecule has 0 atom stereocenters. The second-order valence-corrected chi connectivity index (χ2v) is 4.64. The number of benzene rings is 1. The van der Waals surface area contributed by atoms with Gasteiger partial charge in [0, 0.05) is 16.2 Å². The van der Waals surface area contributed by atoms with Crippen molar-refractivity contribution in [3.05, 3.63) is 46.2 Å². The summed E-state index contributed by atoms with van der Waals surface area (Å²) in [6, 6.07) is 7.57. The van der Waals surface area contributed by atoms with E-state index >= 15 is 0 Å². The van der Waals surface area contributed by atoms with Gasteiger partial charge in [-0.15, -0.1) is 0 Å². The summed E-state index contributed by atoms with van der Waals surface area (Å²) in [5, 5.41) is 9.01. The fourth-order valence-corrected chi connectivity index (χ4v) is 1.87. The minimum absolute atomic E-state index is 0.165. The number of rotatable bonds is 3. The van der Waals surface area contributed by atoms with Crippen LogP contribution in [0.5, 0.6) is 0 Å². The molecule has 18 heavy (non-hydrogen) atoms. The fourth-order valence-electron chi connectivity index (χ4n) is 1.60. The molecule has 1 heterocycles. The number of carbonyl (C=O) groups is 1. The van der Waals surface area contributed by atoms with Gasteiger partial charge < -0.3 is 5.11 Å². The number of aryl methyl sites for hydroxylation is 1. The number of hydrogen-bond acceptors (Lipinski definition) is 3. The number of hydrogen-bond donors (Lipinski definition) is 1. The molecule has 92 valence electrons. The molecule has 0 radical (unpaired) electrons. The maximum absolute atomic E-state index is 11.0. The van der Waals surface area contributed by atoms with Gasteiger partial charge in [0.25, 0.3) is 0 Å². The monoisotopic (exact) mass is 306 g/mol. The van der Waals surface area contributed by atoms with E-state index in [9.17, 15) is 4.79 Å². The first-order valence-corrected chi connectivity index (χ1v) is 6.26. The quantitative estimate of drug-likeness (QED) is 0.946. The van der Waals surface area contributed by atoms with E-state index in [1.54, 1.807) is 0 Å². The average molecular weight is 307 g/mol. The Morgan fingerprint density at radius 1 is 1.33 bits per heavy atom. The minimum atomic E-state index is -0.991. The Bertz CT molecular complexity index is 582. The van der Waals surface area contributed by atoms with E-state index in [1.807, 2.05) is 31.2 Å². The highest BCUT2D eigenvalue weighted by molar-refractivity contribution is 9.10. The predicted molar refractivity (Wildman–Crippen MR) is 71.5 cm³/mol. The van der Waals surface area contributed by atoms with E-state index in [1.165, 1.54) is 6.20 Å². The molecule has 1 aromatic heterocycles. The first-order valence-electron chi connectivity index (χ1n) is 5.47. The van der Waals surface area contributed by atoms with Crippen LogP contribution < -0.4 is 0 Å². The summed E-state index contributed by atoms with van der Waals surface area (Å²) >= 11 is 3.36. The van der Waals surface area contributed by atoms with Crippen molar-refractivity contribution in [2.24, 2.45) is 0 Å². The van der Waals surface area contributed by atoms with E-state index < -0.39 is 5.97 Å². The smallest absolute Gasteiger partial charge is 0.339 e. The molecule has 2 aromatic rings. The molecule has 0 fully saturated rings. The zero-order chi connectivity index (χ0) is 13.1. The van der Waals surface area contributed by atoms with Gasteiger partial charge in [-0.25, -0.2) is 14.8 Å². The molecular weight excluding hydrogens is 296 g/mol. The summed E-state index contributed by atoms with van der Waals surface area (Å²) in [5.74, 6) is -0.446. The maximum Gasteiger partial charge on any atom is 0.339 e. The number of aromatic carboxylic acids is 1. The Labute approximate surface area is 113 Å². The zero-order valence-electron chi connectivity index (χ0n) is 9.72. The lowest BCUT2D eigenvalue weighted by Gasteiger charge is -2.05. The van der Waals surface area contributed by atoms with Gasteiger partial charge in [0.2, 0.25) is 0 Å². The summed E-state index contributed by atoms with van der Waals surface area (Å²) in [6.07, 6.45) is 1.93. The number of halogens is 1. The van der Waals surface area contributed by atoms with Crippen LogP contribution in [0.2, 0.25) is 0 Å². The Morgan fingerprint density at radius 3 is 2.56 bits per heavy atom. The van der Waals surface area contributed by atoms with Crippen LogP contribution in [-0.4, -0.2) is 21.0 Å². The number of aromatic nitrogens is 2. The van der Waals surface area contributed by atoms with Gasteiger partial charge in [0.1, 0.15) is 0 Å². The second kappa shape index (κ2) is 5.27. The molecule has 4 nitrogen and oxygen atoms in total. The first kappa shape index (κ1) is 12.7. The van der Waals surface area contributed by atoms with Crippen LogP contribution in [-0.2, 0) is 6.42 Å². The lowest BCUT2D eigenvalue weighted by Crippen LogP contribution is -2.06. The summed E-state index contributed by atoms with van der Waals surface area (Å²) in [6.45, 7) is 1.88. The first-order chi connectivity index (χ1) is 8.61. The Morgan fingerprint density at radius 2 is 2.00 bits per heavy atom. The minimum Gasteiger partial charge on any atom is -0.478 e. The highest BCUT2D eigenvalue weighted by Gasteiger charge is 2.12. The number of carboxylic acids is 1. The van der Waals surface area contributed by atoms with Gasteiger partial charge >= 0.3 is 5.97 Å². The molecule has 1 N–H and O–H groups in total. The number of nitrogens with zero attached hydrogens (tertiary/aromatic N) is 2. The summed E-state index contributed by atoms with van der Waals surface area (Å²) in [5.41, 5.74) is 1.58. The van der Waals surface area contributed by atoms with Crippen molar-refractivity contribution in [2.75, 3.05) is 0 Å². The molecule has 0 bridgehead atoms. The maximum atomic E-state index is 11.0. The molecule has 0 amide bonds. The van der Waals surface area contributed by atoms with E-state index in [-0.39, 0.29) is 5.56 Å². The van der Waals surface area contributed by atoms with E-state index in [0.29, 0.717) is 17.9 Å². The van der Waals surface area contributed by atoms with E-state index in [0.717, 1.165) is 10.0 Å². The largest absolute Gasteiger partial charge is 0.478 e. The van der Waals surface area contributed by atoms with Crippen LogP contribution in [0, 0.1) is 0 Å². The predicted octanol–water partition coefficient (Wildman–Crippen LogP) is 3.17. The van der Waals surface area contributed by atoms with Gasteiger partial charge in [-0.1, -0.05) is 35.0 Å². The molecule has 0 saturated carbocycles. The van der Waals surface area contributed by atoms with E-state index in [2.05, 4.69) is 25.9 Å². The molecule has 0 unspecified atom stereocenters. The Hall–Kier alpha value is -1.75. The molecule has 0 aliphatic carbocycles. The molecule has 0 aliphatic rings. The van der Waals surface area contributed by atoms with Crippen LogP contribution >= 0.6 is 15.9 Å². The van der Waals surface area contributed by atoms with Crippen molar-refractivity contribution in [2.45, 2.75) is 13.3 Å². The third-order valence-electron chi connectivity index (χ3n) is 2.54. The fraction of sp³-hybridized carbons (Fsp3) is 0.154. The van der Waals surface area contributed by atoms with Crippen molar-refractivity contribution in [1.29, 1.82) is 0 Å². The van der Waals surface area contributed by atoms with Crippen LogP contribution in [0.4, 0.5) is 0 Å². The third-order valence-corrected chi connectivity index (χ3v) is 3.06. The topological polar surface area (TPSA) is 63.1 Å². The summed E-state index contributed by atoms with van der Waals surface area (Å²) in [4.78, 5) is 19.4. The van der Waals surface area contributed by atoms with Crippen molar-refractivity contribution >= 4 is 21.9 Å². The lowest BCUT2D eigenvalue weighted by atomic mass is 10.1. The molecule has 5 heteroatoms. The van der Waals surface area contributed by atoms with Gasteiger partial charge in [0.15, 0.2) is 5.82 Å². The van der Waals surface area contributed by atoms with E-state index in [4.69, 9.17) is 5.11 Å². The summed E-state index contributed by atoms with van der Waals surface area (Å²) < 4.78 is 0.976. The third kappa shape index (κ3) is 2.56. The Balaban J connectivity index is 2.47. The molecule has 1 aromatic carbocycles. The van der Waals surface area contributed by atoms with Gasteiger partial charge in [-0.3, -0.25) is 0 Å². The lowest BCUT2D eigenvalue weighted by molar-refractivity contribution is 0.0694. The van der Waals surface area contributed by atoms with Gasteiger partial charge in [0.05, 0.1) is 11.3 Å². The molecular formula is C13H11BrN2O2. The zero-order valence-corrected chi connectivity index (χ0v) is 11.3. The molecule has 0 aliphatic heterocycles. The standard InChI is InChI=1S/C13H11BrN2O2/c1-2-11-10(13(17)18)7-15-12(16-11)8-3-5-9(14)6-4-8/h3-7H,2H2,1H3,(H,17,18). The van der Waals surface area contributed by atoms with Crippen LogP contribution in [0.3, 0.4) is 0 Å². The molecule has 2 rings (SSSR count). The van der Waals surface area contributed by atoms with Crippen molar-refractivity contribution in [1.82, 2.24) is 9.97 Å². The van der Waals surface area contributed by atoms with Gasteiger partial charge in [-0.2, -0.15) is 0 Å². The van der Waals surface area contributed by atoms with Crippen molar-refractivity contribution in [3.8, 4) is 11.4 Å².